The molecule has 60 valence electrons. The molecule has 0 spiro atoms. The number of rotatable bonds is 1. The molecule has 0 unspecified atom stereocenters. The Kier molecular flexibility index (Phi) is 2.12. The van der Waals surface area contributed by atoms with Crippen LogP contribution in [0.15, 0.2) is 12.3 Å². The van der Waals surface area contributed by atoms with Crippen molar-refractivity contribution in [2.45, 2.75) is 13.3 Å². The maximum absolute atomic E-state index is 12.6. The molecule has 0 aliphatic rings. The lowest BCUT2D eigenvalue weighted by atomic mass is 10.2. The van der Waals surface area contributed by atoms with Gasteiger partial charge in [-0.3, -0.25) is 4.98 Å². The highest BCUT2D eigenvalue weighted by Crippen LogP contribution is 2.23. The highest BCUT2D eigenvalue weighted by atomic mass is 19.3. The van der Waals surface area contributed by atoms with Gasteiger partial charge in [-0.2, -0.15) is 0 Å². The molecule has 1 rings (SSSR count). The van der Waals surface area contributed by atoms with Crippen molar-refractivity contribution in [3.8, 4) is 0 Å². The van der Waals surface area contributed by atoms with Crippen LogP contribution in [0, 0.1) is 12.7 Å². The summed E-state index contributed by atoms with van der Waals surface area (Å²) in [5.74, 6) is -0.896. The zero-order valence-electron chi connectivity index (χ0n) is 5.81. The van der Waals surface area contributed by atoms with Crippen LogP contribution < -0.4 is 0 Å². The average molecular weight is 161 g/mol. The number of hydrogen-bond acceptors (Lipinski definition) is 1. The van der Waals surface area contributed by atoms with Crippen LogP contribution in [0.5, 0.6) is 0 Å². The van der Waals surface area contributed by atoms with Gasteiger partial charge in [0.05, 0.1) is 5.56 Å². The van der Waals surface area contributed by atoms with E-state index < -0.39 is 17.8 Å². The van der Waals surface area contributed by atoms with Gasteiger partial charge in [0.25, 0.3) is 6.43 Å². The molecule has 1 aromatic heterocycles. The van der Waals surface area contributed by atoms with Crippen molar-refractivity contribution in [1.29, 1.82) is 0 Å². The van der Waals surface area contributed by atoms with Gasteiger partial charge in [0.1, 0.15) is 5.82 Å². The Morgan fingerprint density at radius 1 is 1.45 bits per heavy atom. The van der Waals surface area contributed by atoms with Crippen molar-refractivity contribution < 1.29 is 13.2 Å². The first kappa shape index (κ1) is 8.04. The molecule has 1 nitrogen and oxygen atoms in total. The van der Waals surface area contributed by atoms with Crippen molar-refractivity contribution >= 4 is 0 Å². The summed E-state index contributed by atoms with van der Waals surface area (Å²) < 4.78 is 36.6. The first-order valence-corrected chi connectivity index (χ1v) is 3.02. The van der Waals surface area contributed by atoms with Crippen molar-refractivity contribution in [2.24, 2.45) is 0 Å². The van der Waals surface area contributed by atoms with E-state index in [1.807, 2.05) is 0 Å². The van der Waals surface area contributed by atoms with Crippen LogP contribution >= 0.6 is 0 Å². The molecule has 0 N–H and O–H groups in total. The lowest BCUT2D eigenvalue weighted by Crippen LogP contribution is -1.96. The normalized spacial score (nSPS) is 10.6. The summed E-state index contributed by atoms with van der Waals surface area (Å²) >= 11 is 0. The number of halogens is 3. The van der Waals surface area contributed by atoms with Gasteiger partial charge in [0.15, 0.2) is 0 Å². The summed E-state index contributed by atoms with van der Waals surface area (Å²) in [6.07, 6.45) is -1.63. The average Bonchev–Trinajstić information content (AvgIpc) is 1.85. The van der Waals surface area contributed by atoms with E-state index in [4.69, 9.17) is 0 Å². The molecule has 0 aromatic carbocycles. The molecule has 0 saturated carbocycles. The number of alkyl halides is 2. The highest BCUT2D eigenvalue weighted by Gasteiger charge is 2.15. The first-order valence-electron chi connectivity index (χ1n) is 3.02. The number of aromatic nitrogens is 1. The van der Waals surface area contributed by atoms with Crippen molar-refractivity contribution in [3.05, 3.63) is 29.3 Å². The van der Waals surface area contributed by atoms with Crippen LogP contribution in [0.2, 0.25) is 0 Å². The van der Waals surface area contributed by atoms with Gasteiger partial charge in [-0.25, -0.2) is 13.2 Å². The molecule has 1 heterocycles. The molecular weight excluding hydrogens is 155 g/mol. The van der Waals surface area contributed by atoms with Crippen molar-refractivity contribution in [3.63, 3.8) is 0 Å². The van der Waals surface area contributed by atoms with E-state index in [1.54, 1.807) is 0 Å². The molecule has 0 saturated heterocycles. The molecule has 0 amide bonds. The summed E-state index contributed by atoms with van der Waals surface area (Å²) in [5.41, 5.74) is -0.562. The van der Waals surface area contributed by atoms with E-state index in [0.29, 0.717) is 0 Å². The van der Waals surface area contributed by atoms with Crippen LogP contribution in [0.3, 0.4) is 0 Å². The van der Waals surface area contributed by atoms with Gasteiger partial charge in [-0.05, 0) is 13.0 Å². The molecule has 0 aliphatic heterocycles. The van der Waals surface area contributed by atoms with E-state index in [9.17, 15) is 13.2 Å². The van der Waals surface area contributed by atoms with Gasteiger partial charge in [0, 0.05) is 11.9 Å². The molecule has 11 heavy (non-hydrogen) atoms. The van der Waals surface area contributed by atoms with E-state index in [0.717, 1.165) is 12.3 Å². The Bertz CT molecular complexity index is 240. The van der Waals surface area contributed by atoms with Crippen LogP contribution in [0.25, 0.3) is 0 Å². The zero-order chi connectivity index (χ0) is 8.43. The van der Waals surface area contributed by atoms with Crippen LogP contribution in [-0.2, 0) is 0 Å². The molecule has 0 aliphatic carbocycles. The number of nitrogens with zero attached hydrogens (tertiary/aromatic N) is 1. The minimum atomic E-state index is -2.79. The number of hydrogen-bond donors (Lipinski definition) is 0. The second kappa shape index (κ2) is 2.90. The molecule has 0 bridgehead atoms. The predicted octanol–water partition coefficient (Wildman–Crippen LogP) is 2.47. The van der Waals surface area contributed by atoms with Crippen LogP contribution in [-0.4, -0.2) is 4.98 Å². The molecule has 4 heteroatoms. The zero-order valence-corrected chi connectivity index (χ0v) is 5.81. The molecular formula is C7H6F3N. The van der Waals surface area contributed by atoms with E-state index in [1.165, 1.54) is 6.92 Å². The minimum Gasteiger partial charge on any atom is -0.261 e. The Balaban J connectivity index is 3.21. The third kappa shape index (κ3) is 1.50. The standard InChI is InChI=1S/C7H6F3N/c1-4-6(7(9)10)5(8)2-3-11-4/h2-3,7H,1H3. The molecule has 1 aromatic rings. The van der Waals surface area contributed by atoms with E-state index >= 15 is 0 Å². The number of aryl methyl sites for hydroxylation is 1. The smallest absolute Gasteiger partial charge is 0.261 e. The predicted molar refractivity (Wildman–Crippen MR) is 33.9 cm³/mol. The molecule has 0 fully saturated rings. The lowest BCUT2D eigenvalue weighted by Gasteiger charge is -2.03. The summed E-state index contributed by atoms with van der Waals surface area (Å²) in [5, 5.41) is 0. The largest absolute Gasteiger partial charge is 0.268 e. The SMILES string of the molecule is Cc1nccc(F)c1C(F)F. The molecule has 0 atom stereocenters. The van der Waals surface area contributed by atoms with Gasteiger partial charge in [-0.15, -0.1) is 0 Å². The van der Waals surface area contributed by atoms with Crippen LogP contribution in [0.4, 0.5) is 13.2 Å². The van der Waals surface area contributed by atoms with Gasteiger partial charge in [0.2, 0.25) is 0 Å². The van der Waals surface area contributed by atoms with Crippen molar-refractivity contribution in [2.75, 3.05) is 0 Å². The fraction of sp³-hybridized carbons (Fsp3) is 0.286. The third-order valence-electron chi connectivity index (χ3n) is 1.35. The van der Waals surface area contributed by atoms with Crippen LogP contribution in [0.1, 0.15) is 17.7 Å². The van der Waals surface area contributed by atoms with E-state index in [-0.39, 0.29) is 5.69 Å². The Morgan fingerprint density at radius 2 is 2.09 bits per heavy atom. The summed E-state index contributed by atoms with van der Waals surface area (Å²) in [4.78, 5) is 3.54. The Labute approximate surface area is 61.9 Å². The summed E-state index contributed by atoms with van der Waals surface area (Å²) in [7, 11) is 0. The number of pyridine rings is 1. The van der Waals surface area contributed by atoms with Gasteiger partial charge in [-0.1, -0.05) is 0 Å². The van der Waals surface area contributed by atoms with E-state index in [2.05, 4.69) is 4.98 Å². The minimum absolute atomic E-state index is 0.0417. The van der Waals surface area contributed by atoms with Gasteiger partial charge >= 0.3 is 0 Å². The maximum Gasteiger partial charge on any atom is 0.268 e. The lowest BCUT2D eigenvalue weighted by molar-refractivity contribution is 0.145. The third-order valence-corrected chi connectivity index (χ3v) is 1.35. The first-order chi connectivity index (χ1) is 5.13. The fourth-order valence-electron chi connectivity index (χ4n) is 0.809. The van der Waals surface area contributed by atoms with Gasteiger partial charge < -0.3 is 0 Å². The quantitative estimate of drug-likeness (QED) is 0.616. The Morgan fingerprint density at radius 3 is 2.45 bits per heavy atom. The highest BCUT2D eigenvalue weighted by molar-refractivity contribution is 5.21. The monoisotopic (exact) mass is 161 g/mol. The summed E-state index contributed by atoms with van der Waals surface area (Å²) in [6, 6.07) is 0.925. The van der Waals surface area contributed by atoms with Crippen molar-refractivity contribution in [1.82, 2.24) is 4.98 Å². The maximum atomic E-state index is 12.6. The fourth-order valence-corrected chi connectivity index (χ4v) is 0.809. The molecule has 0 radical (unpaired) electrons. The second-order valence-corrected chi connectivity index (χ2v) is 2.09. The topological polar surface area (TPSA) is 12.9 Å². The summed E-state index contributed by atoms with van der Waals surface area (Å²) in [6.45, 7) is 1.35. The second-order valence-electron chi connectivity index (χ2n) is 2.09. The Hall–Kier alpha value is -1.06.